The van der Waals surface area contributed by atoms with Crippen LogP contribution in [0.3, 0.4) is 0 Å². The molecule has 0 aliphatic carbocycles. The Labute approximate surface area is 134 Å². The van der Waals surface area contributed by atoms with Crippen molar-refractivity contribution in [3.05, 3.63) is 36.0 Å². The Morgan fingerprint density at radius 2 is 2.00 bits per heavy atom. The van der Waals surface area contributed by atoms with Gasteiger partial charge in [0.25, 0.3) is 0 Å². The number of nitrogens with one attached hydrogen (secondary N) is 2. The summed E-state index contributed by atoms with van der Waals surface area (Å²) in [6.45, 7) is 1.27. The van der Waals surface area contributed by atoms with Gasteiger partial charge < -0.3 is 20.8 Å². The van der Waals surface area contributed by atoms with Crippen molar-refractivity contribution in [3.63, 3.8) is 0 Å². The van der Waals surface area contributed by atoms with Crippen LogP contribution in [0, 0.1) is 5.41 Å². The number of hydrogen-bond donors (Lipinski definition) is 3. The second-order valence-electron chi connectivity index (χ2n) is 6.07. The smallest absolute Gasteiger partial charge is 0.225 e. The molecule has 2 aromatic rings. The summed E-state index contributed by atoms with van der Waals surface area (Å²) in [5.41, 5.74) is 6.81. The number of rotatable bonds is 5. The van der Waals surface area contributed by atoms with Crippen LogP contribution in [-0.2, 0) is 20.7 Å². The Hall–Kier alpha value is -2.34. The number of hydrogen-bond acceptors (Lipinski definition) is 3. The zero-order chi connectivity index (χ0) is 16.3. The fraction of sp³-hybridized carbons (Fsp3) is 0.412. The van der Waals surface area contributed by atoms with Gasteiger partial charge in [-0.15, -0.1) is 0 Å². The molecule has 0 bridgehead atoms. The van der Waals surface area contributed by atoms with E-state index in [9.17, 15) is 9.59 Å². The van der Waals surface area contributed by atoms with E-state index in [0.717, 1.165) is 16.5 Å². The molecule has 1 fully saturated rings. The lowest BCUT2D eigenvalue weighted by atomic mass is 9.79. The lowest BCUT2D eigenvalue weighted by Gasteiger charge is -2.34. The highest BCUT2D eigenvalue weighted by Gasteiger charge is 2.38. The summed E-state index contributed by atoms with van der Waals surface area (Å²) in [5, 5.41) is 3.91. The molecule has 1 aliphatic heterocycles. The number of primary amides is 1. The normalized spacial score (nSPS) is 17.0. The minimum atomic E-state index is -0.686. The van der Waals surface area contributed by atoms with E-state index in [1.807, 2.05) is 30.5 Å². The van der Waals surface area contributed by atoms with E-state index in [0.29, 0.717) is 26.1 Å². The summed E-state index contributed by atoms with van der Waals surface area (Å²) in [7, 11) is 0. The molecule has 1 aromatic carbocycles. The second-order valence-corrected chi connectivity index (χ2v) is 6.07. The van der Waals surface area contributed by atoms with E-state index in [-0.39, 0.29) is 24.8 Å². The van der Waals surface area contributed by atoms with Gasteiger partial charge in [-0.05, 0) is 24.5 Å². The van der Waals surface area contributed by atoms with Crippen molar-refractivity contribution < 1.29 is 14.3 Å². The lowest BCUT2D eigenvalue weighted by molar-refractivity contribution is -0.133. The van der Waals surface area contributed by atoms with Crippen molar-refractivity contribution in [3.8, 4) is 0 Å². The number of nitrogens with two attached hydrogens (primary N) is 1. The Morgan fingerprint density at radius 3 is 2.74 bits per heavy atom. The number of benzene rings is 1. The first-order valence-corrected chi connectivity index (χ1v) is 7.80. The van der Waals surface area contributed by atoms with Crippen molar-refractivity contribution in [2.24, 2.45) is 11.1 Å². The molecular weight excluding hydrogens is 294 g/mol. The largest absolute Gasteiger partial charge is 0.381 e. The van der Waals surface area contributed by atoms with Gasteiger partial charge in [0, 0.05) is 36.9 Å². The molecule has 1 aromatic heterocycles. The van der Waals surface area contributed by atoms with Gasteiger partial charge in [0.2, 0.25) is 11.8 Å². The Morgan fingerprint density at radius 1 is 1.26 bits per heavy atom. The predicted molar refractivity (Wildman–Crippen MR) is 86.7 cm³/mol. The molecule has 23 heavy (non-hydrogen) atoms. The number of H-pyrrole nitrogens is 1. The van der Waals surface area contributed by atoms with E-state index < -0.39 is 5.41 Å². The molecule has 4 N–H and O–H groups in total. The number of carbonyl (C=O) groups excluding carboxylic acids is 2. The van der Waals surface area contributed by atoms with Gasteiger partial charge in [0.05, 0.1) is 11.8 Å². The molecule has 2 heterocycles. The number of aromatic amines is 1. The summed E-state index contributed by atoms with van der Waals surface area (Å²) in [6.07, 6.45) is 3.23. The van der Waals surface area contributed by atoms with Crippen molar-refractivity contribution >= 4 is 22.7 Å². The minimum Gasteiger partial charge on any atom is -0.381 e. The average Bonchev–Trinajstić information content (AvgIpc) is 2.97. The minimum absolute atomic E-state index is 0.109. The topological polar surface area (TPSA) is 97.2 Å². The third kappa shape index (κ3) is 3.22. The summed E-state index contributed by atoms with van der Waals surface area (Å²) >= 11 is 0. The van der Waals surface area contributed by atoms with Gasteiger partial charge in [0.15, 0.2) is 0 Å². The number of aromatic nitrogens is 1. The first kappa shape index (κ1) is 15.6. The summed E-state index contributed by atoms with van der Waals surface area (Å²) < 4.78 is 5.29. The Kier molecular flexibility index (Phi) is 4.34. The van der Waals surface area contributed by atoms with Crippen LogP contribution in [0.5, 0.6) is 0 Å². The van der Waals surface area contributed by atoms with Crippen LogP contribution in [0.2, 0.25) is 0 Å². The predicted octanol–water partition coefficient (Wildman–Crippen LogP) is 1.11. The average molecular weight is 315 g/mol. The number of para-hydroxylation sites is 1. The molecule has 0 spiro atoms. The van der Waals surface area contributed by atoms with Gasteiger partial charge in [0.1, 0.15) is 0 Å². The van der Waals surface area contributed by atoms with Gasteiger partial charge in [-0.25, -0.2) is 0 Å². The Bertz CT molecular complexity index is 717. The molecule has 6 heteroatoms. The quantitative estimate of drug-likeness (QED) is 0.771. The van der Waals surface area contributed by atoms with E-state index in [1.165, 1.54) is 0 Å². The molecule has 0 unspecified atom stereocenters. The van der Waals surface area contributed by atoms with Crippen LogP contribution in [0.1, 0.15) is 18.4 Å². The molecule has 1 saturated heterocycles. The third-order valence-corrected chi connectivity index (χ3v) is 4.62. The highest BCUT2D eigenvalue weighted by molar-refractivity contribution is 5.89. The van der Waals surface area contributed by atoms with E-state index in [1.54, 1.807) is 0 Å². The van der Waals surface area contributed by atoms with E-state index >= 15 is 0 Å². The number of fused-ring (bicyclic) bond motifs is 1. The molecule has 6 nitrogen and oxygen atoms in total. The molecule has 0 saturated carbocycles. The monoisotopic (exact) mass is 315 g/mol. The third-order valence-electron chi connectivity index (χ3n) is 4.62. The number of amides is 2. The fourth-order valence-electron chi connectivity index (χ4n) is 3.05. The molecule has 0 radical (unpaired) electrons. The van der Waals surface area contributed by atoms with Crippen molar-refractivity contribution in [1.29, 1.82) is 0 Å². The highest BCUT2D eigenvalue weighted by Crippen LogP contribution is 2.29. The van der Waals surface area contributed by atoms with E-state index in [2.05, 4.69) is 10.3 Å². The van der Waals surface area contributed by atoms with Crippen LogP contribution in [0.15, 0.2) is 30.5 Å². The van der Waals surface area contributed by atoms with Crippen molar-refractivity contribution in [1.82, 2.24) is 10.3 Å². The first-order chi connectivity index (χ1) is 11.1. The van der Waals surface area contributed by atoms with Crippen LogP contribution >= 0.6 is 0 Å². The maximum absolute atomic E-state index is 12.3. The van der Waals surface area contributed by atoms with Crippen LogP contribution < -0.4 is 11.1 Å². The van der Waals surface area contributed by atoms with Crippen molar-refractivity contribution in [2.75, 3.05) is 19.8 Å². The zero-order valence-electron chi connectivity index (χ0n) is 12.9. The fourth-order valence-corrected chi connectivity index (χ4v) is 3.05. The molecule has 1 aliphatic rings. The molecule has 3 rings (SSSR count). The molecule has 122 valence electrons. The summed E-state index contributed by atoms with van der Waals surface area (Å²) in [4.78, 5) is 27.2. The molecule has 0 atom stereocenters. The number of carbonyl (C=O) groups is 2. The maximum Gasteiger partial charge on any atom is 0.225 e. The van der Waals surface area contributed by atoms with Gasteiger partial charge in [-0.1, -0.05) is 18.2 Å². The summed E-state index contributed by atoms with van der Waals surface area (Å²) in [6, 6.07) is 7.85. The first-order valence-electron chi connectivity index (χ1n) is 7.80. The van der Waals surface area contributed by atoms with Gasteiger partial charge in [-0.3, -0.25) is 9.59 Å². The Balaban J connectivity index is 1.64. The van der Waals surface area contributed by atoms with Gasteiger partial charge in [-0.2, -0.15) is 0 Å². The highest BCUT2D eigenvalue weighted by atomic mass is 16.5. The standard InChI is InChI=1S/C17H21N3O3/c18-16(22)17(5-7-23-8-6-17)11-20-15(21)9-12-10-19-14-4-2-1-3-13(12)14/h1-4,10,19H,5-9,11H2,(H2,18,22)(H,20,21). The lowest BCUT2D eigenvalue weighted by Crippen LogP contribution is -2.49. The molecule has 2 amide bonds. The van der Waals surface area contributed by atoms with Crippen LogP contribution in [0.4, 0.5) is 0 Å². The summed E-state index contributed by atoms with van der Waals surface area (Å²) in [5.74, 6) is -0.477. The zero-order valence-corrected chi connectivity index (χ0v) is 12.9. The SMILES string of the molecule is NC(=O)C1(CNC(=O)Cc2c[nH]c3ccccc23)CCOCC1. The van der Waals surface area contributed by atoms with Crippen LogP contribution in [-0.4, -0.2) is 36.6 Å². The second kappa shape index (κ2) is 6.42. The van der Waals surface area contributed by atoms with Crippen LogP contribution in [0.25, 0.3) is 10.9 Å². The van der Waals surface area contributed by atoms with Crippen molar-refractivity contribution in [2.45, 2.75) is 19.3 Å². The molecular formula is C17H21N3O3. The van der Waals surface area contributed by atoms with Gasteiger partial charge >= 0.3 is 0 Å². The number of ether oxygens (including phenoxy) is 1. The maximum atomic E-state index is 12.3. The van der Waals surface area contributed by atoms with E-state index in [4.69, 9.17) is 10.5 Å².